The predicted molar refractivity (Wildman–Crippen MR) is 42.0 cm³/mol. The van der Waals surface area contributed by atoms with Crippen molar-refractivity contribution >= 4 is 11.9 Å². The average Bonchev–Trinajstić information content (AvgIpc) is 2.15. The van der Waals surface area contributed by atoms with Crippen molar-refractivity contribution < 1.29 is 14.7 Å². The van der Waals surface area contributed by atoms with Gasteiger partial charge in [-0.15, -0.1) is 0 Å². The van der Waals surface area contributed by atoms with Gasteiger partial charge < -0.3 is 10.4 Å². The monoisotopic (exact) mass is 181 g/mol. The molecule has 1 aromatic rings. The van der Waals surface area contributed by atoms with Crippen molar-refractivity contribution in [1.29, 1.82) is 0 Å². The van der Waals surface area contributed by atoms with Crippen LogP contribution in [0.4, 0.5) is 0 Å². The van der Waals surface area contributed by atoms with E-state index in [1.165, 1.54) is 18.6 Å². The van der Waals surface area contributed by atoms with E-state index in [9.17, 15) is 9.59 Å². The number of nitrogens with zero attached hydrogens (tertiary/aromatic N) is 2. The van der Waals surface area contributed by atoms with Crippen molar-refractivity contribution in [1.82, 2.24) is 15.3 Å². The zero-order valence-corrected chi connectivity index (χ0v) is 6.60. The SMILES string of the molecule is O=C(O)CNC(=O)c1cnccn1. The number of carboxylic acid groups (broad SMARTS) is 1. The minimum absolute atomic E-state index is 0.101. The number of carbonyl (C=O) groups is 2. The molecule has 0 aliphatic rings. The van der Waals surface area contributed by atoms with Gasteiger partial charge in [-0.2, -0.15) is 0 Å². The van der Waals surface area contributed by atoms with Crippen LogP contribution in [0.2, 0.25) is 0 Å². The van der Waals surface area contributed by atoms with E-state index in [1.54, 1.807) is 0 Å². The lowest BCUT2D eigenvalue weighted by molar-refractivity contribution is -0.135. The van der Waals surface area contributed by atoms with Crippen molar-refractivity contribution in [2.24, 2.45) is 0 Å². The molecule has 0 saturated carbocycles. The van der Waals surface area contributed by atoms with Gasteiger partial charge in [0.1, 0.15) is 12.2 Å². The van der Waals surface area contributed by atoms with Gasteiger partial charge in [-0.1, -0.05) is 0 Å². The highest BCUT2D eigenvalue weighted by molar-refractivity contribution is 5.93. The molecule has 0 bridgehead atoms. The van der Waals surface area contributed by atoms with Crippen LogP contribution in [0.25, 0.3) is 0 Å². The molecule has 0 aromatic carbocycles. The van der Waals surface area contributed by atoms with Gasteiger partial charge in [0.2, 0.25) is 0 Å². The highest BCUT2D eigenvalue weighted by atomic mass is 16.4. The summed E-state index contributed by atoms with van der Waals surface area (Å²) in [6.07, 6.45) is 4.04. The average molecular weight is 181 g/mol. The molecule has 68 valence electrons. The summed E-state index contributed by atoms with van der Waals surface area (Å²) in [5, 5.41) is 10.4. The first-order valence-corrected chi connectivity index (χ1v) is 3.46. The molecule has 1 amide bonds. The third kappa shape index (κ3) is 2.86. The zero-order valence-electron chi connectivity index (χ0n) is 6.60. The summed E-state index contributed by atoms with van der Waals surface area (Å²) in [7, 11) is 0. The van der Waals surface area contributed by atoms with E-state index in [-0.39, 0.29) is 5.69 Å². The Bertz CT molecular complexity index is 312. The number of rotatable bonds is 3. The van der Waals surface area contributed by atoms with Crippen LogP contribution in [-0.2, 0) is 4.79 Å². The Kier molecular flexibility index (Phi) is 2.91. The van der Waals surface area contributed by atoms with Crippen molar-refractivity contribution in [2.75, 3.05) is 6.54 Å². The van der Waals surface area contributed by atoms with Crippen molar-refractivity contribution in [2.45, 2.75) is 0 Å². The predicted octanol–water partition coefficient (Wildman–Crippen LogP) is -0.709. The van der Waals surface area contributed by atoms with Crippen LogP contribution < -0.4 is 5.32 Å². The first-order valence-electron chi connectivity index (χ1n) is 3.46. The van der Waals surface area contributed by atoms with Crippen LogP contribution in [0.3, 0.4) is 0 Å². The van der Waals surface area contributed by atoms with Crippen LogP contribution in [0.5, 0.6) is 0 Å². The minimum atomic E-state index is -1.10. The maximum Gasteiger partial charge on any atom is 0.322 e. The van der Waals surface area contributed by atoms with Gasteiger partial charge >= 0.3 is 5.97 Å². The molecule has 0 atom stereocenters. The normalized spacial score (nSPS) is 9.23. The maximum absolute atomic E-state index is 11.1. The van der Waals surface area contributed by atoms with Gasteiger partial charge in [0.05, 0.1) is 6.20 Å². The lowest BCUT2D eigenvalue weighted by Crippen LogP contribution is -2.29. The Morgan fingerprint density at radius 3 is 2.77 bits per heavy atom. The lowest BCUT2D eigenvalue weighted by Gasteiger charge is -1.99. The summed E-state index contributed by atoms with van der Waals surface area (Å²) in [6.45, 7) is -0.421. The first kappa shape index (κ1) is 9.11. The number of aromatic nitrogens is 2. The fraction of sp³-hybridized carbons (Fsp3) is 0.143. The van der Waals surface area contributed by atoms with Crippen LogP contribution in [0, 0.1) is 0 Å². The van der Waals surface area contributed by atoms with Crippen LogP contribution >= 0.6 is 0 Å². The van der Waals surface area contributed by atoms with Crippen LogP contribution in [0.1, 0.15) is 10.5 Å². The Labute approximate surface area is 73.6 Å². The molecule has 0 aliphatic heterocycles. The molecule has 0 spiro atoms. The van der Waals surface area contributed by atoms with Crippen molar-refractivity contribution in [3.05, 3.63) is 24.3 Å². The molecule has 1 heterocycles. The first-order chi connectivity index (χ1) is 6.20. The van der Waals surface area contributed by atoms with E-state index in [4.69, 9.17) is 5.11 Å². The largest absolute Gasteiger partial charge is 0.480 e. The zero-order chi connectivity index (χ0) is 9.68. The number of nitrogens with one attached hydrogen (secondary N) is 1. The summed E-state index contributed by atoms with van der Waals surface area (Å²) in [6, 6.07) is 0. The van der Waals surface area contributed by atoms with Gasteiger partial charge in [0.15, 0.2) is 0 Å². The fourth-order valence-corrected chi connectivity index (χ4v) is 0.663. The molecular formula is C7H7N3O3. The van der Waals surface area contributed by atoms with Gasteiger partial charge in [-0.05, 0) is 0 Å². The molecule has 0 saturated heterocycles. The molecule has 0 aliphatic carbocycles. The summed E-state index contributed by atoms with van der Waals surface area (Å²) in [5.41, 5.74) is 0.101. The number of carbonyl (C=O) groups excluding carboxylic acids is 1. The molecular weight excluding hydrogens is 174 g/mol. The molecule has 2 N–H and O–H groups in total. The second kappa shape index (κ2) is 4.15. The van der Waals surface area contributed by atoms with Crippen LogP contribution in [0.15, 0.2) is 18.6 Å². The fourth-order valence-electron chi connectivity index (χ4n) is 0.663. The molecule has 1 aromatic heterocycles. The summed E-state index contributed by atoms with van der Waals surface area (Å²) in [5.74, 6) is -1.65. The van der Waals surface area contributed by atoms with Gasteiger partial charge in [-0.25, -0.2) is 4.98 Å². The number of carboxylic acids is 1. The molecule has 0 radical (unpaired) electrons. The number of hydrogen-bond donors (Lipinski definition) is 2. The number of amides is 1. The summed E-state index contributed by atoms with van der Waals surface area (Å²) in [4.78, 5) is 28.5. The molecule has 1 rings (SSSR count). The Morgan fingerprint density at radius 2 is 2.23 bits per heavy atom. The maximum atomic E-state index is 11.1. The summed E-state index contributed by atoms with van der Waals surface area (Å²) < 4.78 is 0. The highest BCUT2D eigenvalue weighted by Gasteiger charge is 2.07. The number of aliphatic carboxylic acids is 1. The van der Waals surface area contributed by atoms with Crippen LogP contribution in [-0.4, -0.2) is 33.5 Å². The Hall–Kier alpha value is -1.98. The van der Waals surface area contributed by atoms with E-state index >= 15 is 0 Å². The molecule has 6 nitrogen and oxygen atoms in total. The van der Waals surface area contributed by atoms with E-state index < -0.39 is 18.4 Å². The third-order valence-corrected chi connectivity index (χ3v) is 1.20. The van der Waals surface area contributed by atoms with Gasteiger partial charge in [0, 0.05) is 12.4 Å². The molecule has 0 unspecified atom stereocenters. The Balaban J connectivity index is 2.54. The number of hydrogen-bond acceptors (Lipinski definition) is 4. The highest BCUT2D eigenvalue weighted by Crippen LogP contribution is 1.88. The molecule has 6 heteroatoms. The molecule has 13 heavy (non-hydrogen) atoms. The standard InChI is InChI=1S/C7H7N3O3/c11-6(12)4-10-7(13)5-3-8-1-2-9-5/h1-3H,4H2,(H,10,13)(H,11,12). The Morgan fingerprint density at radius 1 is 1.46 bits per heavy atom. The third-order valence-electron chi connectivity index (χ3n) is 1.20. The van der Waals surface area contributed by atoms with E-state index in [0.717, 1.165) is 0 Å². The van der Waals surface area contributed by atoms with E-state index in [1.807, 2.05) is 0 Å². The summed E-state index contributed by atoms with van der Waals surface area (Å²) >= 11 is 0. The van der Waals surface area contributed by atoms with Crippen molar-refractivity contribution in [3.63, 3.8) is 0 Å². The topological polar surface area (TPSA) is 92.2 Å². The quantitative estimate of drug-likeness (QED) is 0.642. The van der Waals surface area contributed by atoms with Crippen molar-refractivity contribution in [3.8, 4) is 0 Å². The molecule has 0 fully saturated rings. The minimum Gasteiger partial charge on any atom is -0.480 e. The van der Waals surface area contributed by atoms with Gasteiger partial charge in [-0.3, -0.25) is 14.6 Å². The second-order valence-electron chi connectivity index (χ2n) is 2.17. The van der Waals surface area contributed by atoms with E-state index in [0.29, 0.717) is 0 Å². The smallest absolute Gasteiger partial charge is 0.322 e. The second-order valence-corrected chi connectivity index (χ2v) is 2.17. The van der Waals surface area contributed by atoms with Gasteiger partial charge in [0.25, 0.3) is 5.91 Å². The van der Waals surface area contributed by atoms with E-state index in [2.05, 4.69) is 15.3 Å². The lowest BCUT2D eigenvalue weighted by atomic mass is 10.4.